The summed E-state index contributed by atoms with van der Waals surface area (Å²) in [6, 6.07) is 75.1. The summed E-state index contributed by atoms with van der Waals surface area (Å²) in [7, 11) is 0. The quantitative estimate of drug-likeness (QED) is 0.168. The molecule has 0 atom stereocenters. The van der Waals surface area contributed by atoms with Crippen molar-refractivity contribution in [2.45, 2.75) is 0 Å². The number of nitrogens with zero attached hydrogens (tertiary/aromatic N) is 5. The fourth-order valence-electron chi connectivity index (χ4n) is 9.75. The van der Waals surface area contributed by atoms with Crippen LogP contribution in [0.2, 0.25) is 0 Å². The second-order valence-electron chi connectivity index (χ2n) is 15.8. The number of hydrogen-bond acceptors (Lipinski definition) is 3. The lowest BCUT2D eigenvalue weighted by molar-refractivity contribution is 0.673. The molecule has 6 nitrogen and oxygen atoms in total. The highest BCUT2D eigenvalue weighted by Crippen LogP contribution is 2.43. The van der Waals surface area contributed by atoms with E-state index >= 15 is 0 Å². The zero-order valence-corrected chi connectivity index (χ0v) is 33.4. The third-order valence-electron chi connectivity index (χ3n) is 12.4. The molecule has 0 radical (unpaired) electrons. The minimum Gasteiger partial charge on any atom is -0.455 e. The van der Waals surface area contributed by atoms with Crippen LogP contribution in [0.3, 0.4) is 0 Å². The maximum absolute atomic E-state index is 6.61. The zero-order chi connectivity index (χ0) is 40.7. The molecule has 6 heteroatoms. The molecule has 0 amide bonds. The molecule has 0 unspecified atom stereocenters. The molecule has 0 aliphatic rings. The van der Waals surface area contributed by atoms with E-state index in [-0.39, 0.29) is 0 Å². The van der Waals surface area contributed by atoms with E-state index in [4.69, 9.17) is 14.6 Å². The topological polar surface area (TPSA) is 53.7 Å². The smallest absolute Gasteiger partial charge is 0.168 e. The van der Waals surface area contributed by atoms with E-state index in [9.17, 15) is 0 Å². The Morgan fingerprint density at radius 2 is 0.887 bits per heavy atom. The van der Waals surface area contributed by atoms with Crippen molar-refractivity contribution in [2.24, 2.45) is 0 Å². The van der Waals surface area contributed by atoms with Crippen LogP contribution in [0, 0.1) is 0 Å². The first-order valence-electron chi connectivity index (χ1n) is 20.9. The summed E-state index contributed by atoms with van der Waals surface area (Å²) in [6.07, 6.45) is 0. The molecule has 9 aromatic carbocycles. The molecule has 0 saturated carbocycles. The fourth-order valence-corrected chi connectivity index (χ4v) is 9.75. The van der Waals surface area contributed by atoms with Gasteiger partial charge in [0.25, 0.3) is 0 Å². The van der Waals surface area contributed by atoms with Crippen LogP contribution >= 0.6 is 0 Å². The predicted molar refractivity (Wildman–Crippen MR) is 254 cm³/mol. The first-order valence-corrected chi connectivity index (χ1v) is 20.9. The van der Waals surface area contributed by atoms with Gasteiger partial charge in [0.2, 0.25) is 0 Å². The Labute approximate surface area is 355 Å². The number of fused-ring (bicyclic) bond motifs is 10. The average molecular weight is 794 g/mol. The number of aromatic nitrogens is 5. The fraction of sp³-hybridized carbons (Fsp3) is 0. The summed E-state index contributed by atoms with van der Waals surface area (Å²) < 4.78 is 13.6. The summed E-state index contributed by atoms with van der Waals surface area (Å²) in [5, 5.41) is 16.5. The second-order valence-corrected chi connectivity index (χ2v) is 15.8. The highest BCUT2D eigenvalue weighted by molar-refractivity contribution is 6.24. The third-order valence-corrected chi connectivity index (χ3v) is 12.4. The summed E-state index contributed by atoms with van der Waals surface area (Å²) in [5.74, 6) is 1.58. The van der Waals surface area contributed by atoms with Gasteiger partial charge in [-0.25, -0.2) is 0 Å². The van der Waals surface area contributed by atoms with Gasteiger partial charge in [-0.1, -0.05) is 152 Å². The first-order chi connectivity index (χ1) is 30.8. The molecule has 13 aromatic rings. The Kier molecular flexibility index (Phi) is 7.50. The minimum absolute atomic E-state index is 0.789. The summed E-state index contributed by atoms with van der Waals surface area (Å²) in [4.78, 5) is 0. The Morgan fingerprint density at radius 1 is 0.339 bits per heavy atom. The molecule has 0 fully saturated rings. The zero-order valence-electron chi connectivity index (χ0n) is 33.4. The normalized spacial score (nSPS) is 11.9. The molecule has 0 aliphatic carbocycles. The molecular formula is C56H35N5O. The van der Waals surface area contributed by atoms with E-state index in [1.165, 1.54) is 0 Å². The lowest BCUT2D eigenvalue weighted by atomic mass is 10.0. The van der Waals surface area contributed by atoms with Crippen molar-refractivity contribution in [3.8, 4) is 51.0 Å². The Balaban J connectivity index is 1.03. The molecule has 4 heterocycles. The van der Waals surface area contributed by atoms with Gasteiger partial charge in [0.05, 0.1) is 38.8 Å². The molecule has 0 saturated heterocycles. The molecule has 62 heavy (non-hydrogen) atoms. The summed E-state index contributed by atoms with van der Waals surface area (Å²) >= 11 is 0. The highest BCUT2D eigenvalue weighted by atomic mass is 16.3. The van der Waals surface area contributed by atoms with E-state index in [0.717, 1.165) is 117 Å². The summed E-state index contributed by atoms with van der Waals surface area (Å²) in [6.45, 7) is 0. The van der Waals surface area contributed by atoms with Crippen molar-refractivity contribution in [2.75, 3.05) is 0 Å². The molecule has 0 bridgehead atoms. The van der Waals surface area contributed by atoms with Crippen LogP contribution in [0.1, 0.15) is 0 Å². The number of para-hydroxylation sites is 4. The molecule has 0 aliphatic heterocycles. The highest BCUT2D eigenvalue weighted by Gasteiger charge is 2.24. The van der Waals surface area contributed by atoms with Gasteiger partial charge in [-0.15, -0.1) is 10.2 Å². The van der Waals surface area contributed by atoms with Crippen molar-refractivity contribution in [3.63, 3.8) is 0 Å². The van der Waals surface area contributed by atoms with Crippen LogP contribution in [-0.2, 0) is 0 Å². The van der Waals surface area contributed by atoms with Gasteiger partial charge in [0.15, 0.2) is 11.6 Å². The largest absolute Gasteiger partial charge is 0.455 e. The van der Waals surface area contributed by atoms with E-state index in [1.54, 1.807) is 0 Å². The van der Waals surface area contributed by atoms with Gasteiger partial charge >= 0.3 is 0 Å². The number of hydrogen-bond donors (Lipinski definition) is 0. The number of rotatable bonds is 6. The SMILES string of the molecule is c1ccc(-c2nnc(-c3ccccc3)n2-c2cccc3c2c2ccccc2n3-c2ccccc2-c2cccc(-n3c4ccccc4c4c5oc6ccccc6c5ccc43)c2)cc1. The van der Waals surface area contributed by atoms with Crippen molar-refractivity contribution in [3.05, 3.63) is 212 Å². The lowest BCUT2D eigenvalue weighted by Crippen LogP contribution is -2.02. The summed E-state index contributed by atoms with van der Waals surface area (Å²) in [5.41, 5.74) is 13.7. The van der Waals surface area contributed by atoms with Gasteiger partial charge < -0.3 is 13.6 Å². The van der Waals surface area contributed by atoms with E-state index < -0.39 is 0 Å². The molecule has 13 rings (SSSR count). The van der Waals surface area contributed by atoms with Crippen LogP contribution < -0.4 is 0 Å². The van der Waals surface area contributed by atoms with Crippen molar-refractivity contribution < 1.29 is 4.42 Å². The minimum atomic E-state index is 0.789. The van der Waals surface area contributed by atoms with E-state index in [0.29, 0.717) is 0 Å². The maximum atomic E-state index is 6.61. The van der Waals surface area contributed by atoms with Gasteiger partial charge in [-0.05, 0) is 66.2 Å². The van der Waals surface area contributed by atoms with Crippen LogP contribution in [0.25, 0.3) is 117 Å². The first kappa shape index (κ1) is 34.4. The van der Waals surface area contributed by atoms with E-state index in [1.807, 2.05) is 18.2 Å². The molecule has 4 aromatic heterocycles. The second kappa shape index (κ2) is 13.5. The van der Waals surface area contributed by atoms with Crippen molar-refractivity contribution >= 4 is 65.6 Å². The van der Waals surface area contributed by atoms with Crippen molar-refractivity contribution in [1.82, 2.24) is 23.9 Å². The number of furan rings is 1. The van der Waals surface area contributed by atoms with Gasteiger partial charge in [0.1, 0.15) is 11.2 Å². The Morgan fingerprint density at radius 3 is 1.65 bits per heavy atom. The van der Waals surface area contributed by atoms with Crippen LogP contribution in [0.5, 0.6) is 0 Å². The van der Waals surface area contributed by atoms with Crippen LogP contribution in [0.4, 0.5) is 0 Å². The lowest BCUT2D eigenvalue weighted by Gasteiger charge is -2.16. The van der Waals surface area contributed by atoms with E-state index in [2.05, 4.69) is 208 Å². The predicted octanol–water partition coefficient (Wildman–Crippen LogP) is 14.4. The van der Waals surface area contributed by atoms with Gasteiger partial charge in [-0.2, -0.15) is 0 Å². The standard InChI is InChI=1S/C56H35N5O/c1-3-17-36(18-4-1)55-57-58-56(37-19-5-2-6-20-37)61(55)49-31-16-30-48-52(49)43-25-8-13-29-47(43)60(48)45-27-11-7-23-40(45)38-21-15-22-39(35-38)59-46-28-12-9-26-44(46)53-50(59)34-33-42-41-24-10-14-32-51(41)62-54(42)53/h1-35H. The van der Waals surface area contributed by atoms with Gasteiger partial charge in [0, 0.05) is 49.3 Å². The average Bonchev–Trinajstić information content (AvgIpc) is 4.12. The van der Waals surface area contributed by atoms with Gasteiger partial charge in [-0.3, -0.25) is 4.57 Å². The maximum Gasteiger partial charge on any atom is 0.168 e. The Hall–Kier alpha value is -8.48. The molecular weight excluding hydrogens is 759 g/mol. The monoisotopic (exact) mass is 793 g/mol. The molecule has 0 N–H and O–H groups in total. The molecule has 290 valence electrons. The molecule has 0 spiro atoms. The third kappa shape index (κ3) is 5.04. The number of benzene rings is 9. The van der Waals surface area contributed by atoms with Crippen LogP contribution in [-0.4, -0.2) is 23.9 Å². The Bertz CT molecular complexity index is 3810. The van der Waals surface area contributed by atoms with Crippen LogP contribution in [0.15, 0.2) is 217 Å². The van der Waals surface area contributed by atoms with Crippen molar-refractivity contribution in [1.29, 1.82) is 0 Å².